The van der Waals surface area contributed by atoms with Crippen molar-refractivity contribution in [2.75, 3.05) is 13.6 Å². The maximum Gasteiger partial charge on any atom is 0.245 e. The van der Waals surface area contributed by atoms with Crippen molar-refractivity contribution >= 4 is 11.8 Å². The van der Waals surface area contributed by atoms with Gasteiger partial charge in [-0.05, 0) is 12.8 Å². The minimum absolute atomic E-state index is 0.0212. The lowest BCUT2D eigenvalue weighted by atomic mass is 10.0. The summed E-state index contributed by atoms with van der Waals surface area (Å²) in [6.07, 6.45) is -0.570. The highest BCUT2D eigenvalue weighted by Gasteiger charge is 2.26. The highest BCUT2D eigenvalue weighted by molar-refractivity contribution is 5.86. The van der Waals surface area contributed by atoms with Crippen LogP contribution in [0.2, 0.25) is 0 Å². The first-order valence-corrected chi connectivity index (χ1v) is 5.45. The van der Waals surface area contributed by atoms with E-state index in [1.807, 2.05) is 13.8 Å². The van der Waals surface area contributed by atoms with Gasteiger partial charge >= 0.3 is 0 Å². The summed E-state index contributed by atoms with van der Waals surface area (Å²) in [4.78, 5) is 24.4. The predicted octanol–water partition coefficient (Wildman–Crippen LogP) is -0.0137. The lowest BCUT2D eigenvalue weighted by molar-refractivity contribution is -0.137. The molecule has 0 bridgehead atoms. The lowest BCUT2D eigenvalue weighted by Crippen LogP contribution is -2.50. The zero-order valence-corrected chi connectivity index (χ0v) is 10.7. The monoisotopic (exact) mass is 230 g/mol. The fraction of sp³-hybridized carbons (Fsp3) is 0.818. The number of hydrogen-bond donors (Lipinski definition) is 2. The van der Waals surface area contributed by atoms with Gasteiger partial charge in [-0.25, -0.2) is 0 Å². The Bertz CT molecular complexity index is 252. The zero-order valence-electron chi connectivity index (χ0n) is 10.7. The molecule has 0 rings (SSSR count). The highest BCUT2D eigenvalue weighted by atomic mass is 16.3. The van der Waals surface area contributed by atoms with Gasteiger partial charge in [0.25, 0.3) is 0 Å². The minimum atomic E-state index is -0.570. The maximum atomic E-state index is 12.0. The van der Waals surface area contributed by atoms with Crippen molar-refractivity contribution < 1.29 is 14.7 Å². The van der Waals surface area contributed by atoms with E-state index in [0.29, 0.717) is 0 Å². The third-order valence-electron chi connectivity index (χ3n) is 2.21. The fourth-order valence-electron chi connectivity index (χ4n) is 1.46. The molecule has 16 heavy (non-hydrogen) atoms. The maximum absolute atomic E-state index is 12.0. The van der Waals surface area contributed by atoms with Crippen molar-refractivity contribution in [3.8, 4) is 0 Å². The van der Waals surface area contributed by atoms with Crippen LogP contribution in [0.4, 0.5) is 0 Å². The summed E-state index contributed by atoms with van der Waals surface area (Å²) in [5.74, 6) is -0.378. The van der Waals surface area contributed by atoms with Gasteiger partial charge in [0.2, 0.25) is 11.8 Å². The molecule has 0 aliphatic heterocycles. The Kier molecular flexibility index (Phi) is 6.03. The molecule has 0 aliphatic rings. The first-order valence-electron chi connectivity index (χ1n) is 5.45. The Balaban J connectivity index is 4.54. The lowest BCUT2D eigenvalue weighted by Gasteiger charge is -2.27. The molecule has 0 aromatic rings. The van der Waals surface area contributed by atoms with Gasteiger partial charge in [-0.1, -0.05) is 13.8 Å². The van der Waals surface area contributed by atoms with Crippen molar-refractivity contribution in [2.45, 2.75) is 39.8 Å². The number of amides is 2. The van der Waals surface area contributed by atoms with Crippen LogP contribution in [0.5, 0.6) is 0 Å². The van der Waals surface area contributed by atoms with E-state index in [4.69, 9.17) is 0 Å². The molecular formula is C11H22N2O3. The highest BCUT2D eigenvalue weighted by Crippen LogP contribution is 2.05. The average molecular weight is 230 g/mol. The summed E-state index contributed by atoms with van der Waals surface area (Å²) in [7, 11) is 1.62. The second-order valence-corrected chi connectivity index (χ2v) is 4.49. The molecule has 0 aromatic carbocycles. The molecule has 2 N–H and O–H groups in total. The Morgan fingerprint density at radius 1 is 1.31 bits per heavy atom. The van der Waals surface area contributed by atoms with Crippen LogP contribution in [0, 0.1) is 5.92 Å². The Labute approximate surface area is 96.8 Å². The Morgan fingerprint density at radius 3 is 2.12 bits per heavy atom. The Morgan fingerprint density at radius 2 is 1.81 bits per heavy atom. The van der Waals surface area contributed by atoms with Gasteiger partial charge in [0.1, 0.15) is 6.04 Å². The molecule has 2 atom stereocenters. The van der Waals surface area contributed by atoms with E-state index in [9.17, 15) is 14.7 Å². The molecule has 0 saturated carbocycles. The summed E-state index contributed by atoms with van der Waals surface area (Å²) < 4.78 is 0. The van der Waals surface area contributed by atoms with Gasteiger partial charge in [0, 0.05) is 20.5 Å². The molecule has 5 nitrogen and oxygen atoms in total. The summed E-state index contributed by atoms with van der Waals surface area (Å²) in [6.45, 7) is 7.01. The Hall–Kier alpha value is -1.10. The largest absolute Gasteiger partial charge is 0.392 e. The van der Waals surface area contributed by atoms with Crippen LogP contribution in [0.1, 0.15) is 27.7 Å². The van der Waals surface area contributed by atoms with Crippen LogP contribution in [-0.2, 0) is 9.59 Å². The van der Waals surface area contributed by atoms with Crippen LogP contribution in [0.15, 0.2) is 0 Å². The number of carbonyl (C=O) groups excluding carboxylic acids is 2. The van der Waals surface area contributed by atoms with Gasteiger partial charge in [0.15, 0.2) is 0 Å². The first-order chi connectivity index (χ1) is 7.25. The van der Waals surface area contributed by atoms with E-state index in [1.54, 1.807) is 14.0 Å². The van der Waals surface area contributed by atoms with Crippen molar-refractivity contribution in [1.82, 2.24) is 10.2 Å². The van der Waals surface area contributed by atoms with E-state index in [-0.39, 0.29) is 24.3 Å². The second-order valence-electron chi connectivity index (χ2n) is 4.49. The number of likely N-dealkylation sites (N-methyl/N-ethyl adjacent to an activating group) is 1. The van der Waals surface area contributed by atoms with Gasteiger partial charge in [-0.2, -0.15) is 0 Å². The zero-order chi connectivity index (χ0) is 12.9. The summed E-state index contributed by atoms with van der Waals surface area (Å²) in [5, 5.41) is 11.8. The fourth-order valence-corrected chi connectivity index (χ4v) is 1.46. The molecule has 0 saturated heterocycles. The first kappa shape index (κ1) is 14.9. The van der Waals surface area contributed by atoms with Crippen molar-refractivity contribution in [1.29, 1.82) is 0 Å². The molecule has 5 heteroatoms. The number of nitrogens with one attached hydrogen (secondary N) is 1. The average Bonchev–Trinajstić information content (AvgIpc) is 2.11. The third-order valence-corrected chi connectivity index (χ3v) is 2.21. The van der Waals surface area contributed by atoms with Gasteiger partial charge < -0.3 is 15.3 Å². The van der Waals surface area contributed by atoms with Crippen LogP contribution < -0.4 is 5.32 Å². The van der Waals surface area contributed by atoms with Crippen LogP contribution in [-0.4, -0.2) is 47.6 Å². The summed E-state index contributed by atoms with van der Waals surface area (Å²) in [6, 6.07) is -0.527. The molecule has 0 radical (unpaired) electrons. The number of aliphatic hydroxyl groups excluding tert-OH is 1. The normalized spacial score (nSPS) is 14.4. The van der Waals surface area contributed by atoms with Gasteiger partial charge in [0.05, 0.1) is 6.10 Å². The topological polar surface area (TPSA) is 69.6 Å². The summed E-state index contributed by atoms with van der Waals surface area (Å²) >= 11 is 0. The van der Waals surface area contributed by atoms with Crippen LogP contribution in [0.3, 0.4) is 0 Å². The van der Waals surface area contributed by atoms with E-state index < -0.39 is 12.1 Å². The standard InChI is InChI=1S/C11H22N2O3/c1-7(2)10(12-9(4)15)11(16)13(5)6-8(3)14/h7-8,10,14H,6H2,1-5H3,(H,12,15). The number of rotatable bonds is 5. The van der Waals surface area contributed by atoms with Gasteiger partial charge in [-0.3, -0.25) is 9.59 Å². The molecule has 2 amide bonds. The smallest absolute Gasteiger partial charge is 0.245 e. The SMILES string of the molecule is CC(=O)NC(C(=O)N(C)CC(C)O)C(C)C. The van der Waals surface area contributed by atoms with Crippen molar-refractivity contribution in [3.63, 3.8) is 0 Å². The molecule has 94 valence electrons. The van der Waals surface area contributed by atoms with E-state index in [1.165, 1.54) is 11.8 Å². The predicted molar refractivity (Wildman–Crippen MR) is 61.8 cm³/mol. The second kappa shape index (κ2) is 6.48. The number of aliphatic hydroxyl groups is 1. The quantitative estimate of drug-likeness (QED) is 0.697. The summed E-state index contributed by atoms with van der Waals surface area (Å²) in [5.41, 5.74) is 0. The molecule has 0 heterocycles. The number of hydrogen-bond acceptors (Lipinski definition) is 3. The van der Waals surface area contributed by atoms with Crippen LogP contribution in [0.25, 0.3) is 0 Å². The minimum Gasteiger partial charge on any atom is -0.392 e. The third kappa shape index (κ3) is 5.11. The van der Waals surface area contributed by atoms with E-state index in [0.717, 1.165) is 0 Å². The molecule has 0 spiro atoms. The van der Waals surface area contributed by atoms with Crippen molar-refractivity contribution in [3.05, 3.63) is 0 Å². The molecule has 2 unspecified atom stereocenters. The van der Waals surface area contributed by atoms with Crippen LogP contribution >= 0.6 is 0 Å². The van der Waals surface area contributed by atoms with Gasteiger partial charge in [-0.15, -0.1) is 0 Å². The molecular weight excluding hydrogens is 208 g/mol. The van der Waals surface area contributed by atoms with E-state index >= 15 is 0 Å². The molecule has 0 aliphatic carbocycles. The molecule has 0 fully saturated rings. The van der Waals surface area contributed by atoms with E-state index in [2.05, 4.69) is 5.32 Å². The number of carbonyl (C=O) groups is 2. The molecule has 0 aromatic heterocycles. The number of nitrogens with zero attached hydrogens (tertiary/aromatic N) is 1. The van der Waals surface area contributed by atoms with Crippen molar-refractivity contribution in [2.24, 2.45) is 5.92 Å².